The fraction of sp³-hybridized carbons (Fsp3) is 0.857. The Balaban J connectivity index is 3.49. The summed E-state index contributed by atoms with van der Waals surface area (Å²) < 4.78 is 0. The van der Waals surface area contributed by atoms with E-state index in [2.05, 4.69) is 5.32 Å². The highest BCUT2D eigenvalue weighted by Crippen LogP contribution is 2.00. The van der Waals surface area contributed by atoms with Gasteiger partial charge in [-0.15, -0.1) is 0 Å². The summed E-state index contributed by atoms with van der Waals surface area (Å²) in [6.45, 7) is 2.04. The number of hydrogen-bond donors (Lipinski definition) is 3. The van der Waals surface area contributed by atoms with Crippen LogP contribution in [-0.2, 0) is 0 Å². The normalized spacial score (nSPS) is 12.5. The summed E-state index contributed by atoms with van der Waals surface area (Å²) in [4.78, 5) is 10.2. The Kier molecular flexibility index (Phi) is 5.56. The molecule has 0 aliphatic heterocycles. The third-order valence-corrected chi connectivity index (χ3v) is 1.53. The van der Waals surface area contributed by atoms with Crippen molar-refractivity contribution in [2.75, 3.05) is 6.61 Å². The van der Waals surface area contributed by atoms with Gasteiger partial charge in [-0.3, -0.25) is 0 Å². The van der Waals surface area contributed by atoms with Crippen molar-refractivity contribution < 1.29 is 15.0 Å². The van der Waals surface area contributed by atoms with Gasteiger partial charge in [0.25, 0.3) is 0 Å². The molecule has 66 valence electrons. The number of rotatable bonds is 5. The molecule has 0 saturated carbocycles. The van der Waals surface area contributed by atoms with Crippen LogP contribution in [0.25, 0.3) is 0 Å². The number of amides is 1. The monoisotopic (exact) mass is 161 g/mol. The summed E-state index contributed by atoms with van der Waals surface area (Å²) in [5, 5.41) is 19.2. The highest BCUT2D eigenvalue weighted by Gasteiger charge is 2.07. The van der Waals surface area contributed by atoms with Gasteiger partial charge in [-0.25, -0.2) is 4.79 Å². The third-order valence-electron chi connectivity index (χ3n) is 1.53. The maximum Gasteiger partial charge on any atom is 0.404 e. The maximum atomic E-state index is 10.2. The molecule has 1 unspecified atom stereocenters. The molecule has 4 nitrogen and oxygen atoms in total. The summed E-state index contributed by atoms with van der Waals surface area (Å²) in [6.07, 6.45) is 1.14. The molecule has 0 spiro atoms. The maximum absolute atomic E-state index is 10.2. The Bertz CT molecular complexity index is 116. The molecular weight excluding hydrogens is 146 g/mol. The van der Waals surface area contributed by atoms with Gasteiger partial charge in [0.05, 0.1) is 0 Å². The second-order valence-corrected chi connectivity index (χ2v) is 2.42. The average molecular weight is 161 g/mol. The van der Waals surface area contributed by atoms with Gasteiger partial charge < -0.3 is 15.5 Å². The van der Waals surface area contributed by atoms with Crippen LogP contribution in [0.5, 0.6) is 0 Å². The lowest BCUT2D eigenvalue weighted by molar-refractivity contribution is 0.187. The Hall–Kier alpha value is -0.770. The minimum Gasteiger partial charge on any atom is -0.465 e. The molecule has 0 aromatic heterocycles. The van der Waals surface area contributed by atoms with Crippen molar-refractivity contribution in [1.29, 1.82) is 0 Å². The lowest BCUT2D eigenvalue weighted by Crippen LogP contribution is -2.33. The number of hydrogen-bond acceptors (Lipinski definition) is 2. The van der Waals surface area contributed by atoms with Gasteiger partial charge in [0.1, 0.15) is 0 Å². The largest absolute Gasteiger partial charge is 0.465 e. The highest BCUT2D eigenvalue weighted by molar-refractivity contribution is 5.64. The lowest BCUT2D eigenvalue weighted by atomic mass is 10.1. The molecule has 0 fully saturated rings. The zero-order valence-corrected chi connectivity index (χ0v) is 6.71. The SMILES string of the molecule is CCC(CCCO)NC(=O)O. The average Bonchev–Trinajstić information content (AvgIpc) is 1.97. The molecule has 0 aliphatic rings. The second-order valence-electron chi connectivity index (χ2n) is 2.42. The number of aliphatic hydroxyl groups excluding tert-OH is 1. The van der Waals surface area contributed by atoms with E-state index in [9.17, 15) is 4.79 Å². The first-order valence-electron chi connectivity index (χ1n) is 3.81. The number of carboxylic acid groups (broad SMARTS) is 1. The quantitative estimate of drug-likeness (QED) is 0.558. The van der Waals surface area contributed by atoms with E-state index in [4.69, 9.17) is 10.2 Å². The van der Waals surface area contributed by atoms with Crippen LogP contribution in [0.15, 0.2) is 0 Å². The van der Waals surface area contributed by atoms with Crippen LogP contribution in [0, 0.1) is 0 Å². The molecule has 4 heteroatoms. The van der Waals surface area contributed by atoms with Gasteiger partial charge >= 0.3 is 6.09 Å². The molecule has 0 bridgehead atoms. The minimum absolute atomic E-state index is 0.0142. The minimum atomic E-state index is -0.991. The van der Waals surface area contributed by atoms with Gasteiger partial charge in [-0.1, -0.05) is 6.92 Å². The molecule has 3 N–H and O–H groups in total. The molecule has 0 radical (unpaired) electrons. The van der Waals surface area contributed by atoms with Crippen LogP contribution >= 0.6 is 0 Å². The first-order chi connectivity index (χ1) is 5.20. The standard InChI is InChI=1S/C7H15NO3/c1-2-6(4-3-5-9)8-7(10)11/h6,8-9H,2-5H2,1H3,(H,10,11). The molecule has 11 heavy (non-hydrogen) atoms. The van der Waals surface area contributed by atoms with Crippen LogP contribution in [0.2, 0.25) is 0 Å². The van der Waals surface area contributed by atoms with Crippen LogP contribution in [0.4, 0.5) is 4.79 Å². The molecular formula is C7H15NO3. The molecule has 0 aromatic carbocycles. The van der Waals surface area contributed by atoms with E-state index >= 15 is 0 Å². The summed E-state index contributed by atoms with van der Waals surface area (Å²) in [5.41, 5.74) is 0. The van der Waals surface area contributed by atoms with Crippen LogP contribution in [0.1, 0.15) is 26.2 Å². The fourth-order valence-electron chi connectivity index (χ4n) is 0.891. The zero-order chi connectivity index (χ0) is 8.69. The molecule has 0 aromatic rings. The third kappa shape index (κ3) is 5.66. The molecule has 1 amide bonds. The van der Waals surface area contributed by atoms with Gasteiger partial charge in [0.15, 0.2) is 0 Å². The van der Waals surface area contributed by atoms with E-state index in [1.807, 2.05) is 6.92 Å². The van der Waals surface area contributed by atoms with E-state index in [1.165, 1.54) is 0 Å². The smallest absolute Gasteiger partial charge is 0.404 e. The van der Waals surface area contributed by atoms with Crippen molar-refractivity contribution in [3.63, 3.8) is 0 Å². The van der Waals surface area contributed by atoms with Gasteiger partial charge in [-0.05, 0) is 19.3 Å². The van der Waals surface area contributed by atoms with Gasteiger partial charge in [0, 0.05) is 12.6 Å². The van der Waals surface area contributed by atoms with Crippen LogP contribution in [-0.4, -0.2) is 29.0 Å². The number of aliphatic hydroxyl groups is 1. The van der Waals surface area contributed by atoms with Crippen molar-refractivity contribution in [3.8, 4) is 0 Å². The Morgan fingerprint density at radius 1 is 1.64 bits per heavy atom. The lowest BCUT2D eigenvalue weighted by Gasteiger charge is -2.12. The zero-order valence-electron chi connectivity index (χ0n) is 6.71. The summed E-state index contributed by atoms with van der Waals surface area (Å²) in [7, 11) is 0. The number of carbonyl (C=O) groups is 1. The first kappa shape index (κ1) is 10.2. The van der Waals surface area contributed by atoms with Gasteiger partial charge in [0.2, 0.25) is 0 Å². The topological polar surface area (TPSA) is 69.6 Å². The van der Waals surface area contributed by atoms with Crippen molar-refractivity contribution in [3.05, 3.63) is 0 Å². The van der Waals surface area contributed by atoms with Crippen molar-refractivity contribution in [1.82, 2.24) is 5.32 Å². The van der Waals surface area contributed by atoms with Crippen molar-refractivity contribution in [2.45, 2.75) is 32.2 Å². The van der Waals surface area contributed by atoms with Crippen molar-refractivity contribution >= 4 is 6.09 Å². The van der Waals surface area contributed by atoms with Gasteiger partial charge in [-0.2, -0.15) is 0 Å². The molecule has 0 rings (SSSR count). The predicted molar refractivity (Wildman–Crippen MR) is 41.6 cm³/mol. The Morgan fingerprint density at radius 3 is 2.64 bits per heavy atom. The van der Waals surface area contributed by atoms with E-state index in [0.29, 0.717) is 12.8 Å². The van der Waals surface area contributed by atoms with E-state index in [-0.39, 0.29) is 12.6 Å². The molecule has 1 atom stereocenters. The molecule has 0 saturated heterocycles. The second kappa shape index (κ2) is 5.97. The predicted octanol–water partition coefficient (Wildman–Crippen LogP) is 0.805. The van der Waals surface area contributed by atoms with Crippen molar-refractivity contribution in [2.24, 2.45) is 0 Å². The molecule has 0 heterocycles. The van der Waals surface area contributed by atoms with Crippen LogP contribution in [0.3, 0.4) is 0 Å². The fourth-order valence-corrected chi connectivity index (χ4v) is 0.891. The summed E-state index contributed by atoms with van der Waals surface area (Å²) in [5.74, 6) is 0. The highest BCUT2D eigenvalue weighted by atomic mass is 16.4. The van der Waals surface area contributed by atoms with E-state index < -0.39 is 6.09 Å². The van der Waals surface area contributed by atoms with E-state index in [1.54, 1.807) is 0 Å². The summed E-state index contributed by atoms with van der Waals surface area (Å²) in [6, 6.07) is -0.0142. The van der Waals surface area contributed by atoms with Crippen LogP contribution < -0.4 is 5.32 Å². The molecule has 0 aliphatic carbocycles. The summed E-state index contributed by atoms with van der Waals surface area (Å²) >= 11 is 0. The Labute approximate surface area is 66.2 Å². The van der Waals surface area contributed by atoms with E-state index in [0.717, 1.165) is 6.42 Å². The Morgan fingerprint density at radius 2 is 2.27 bits per heavy atom. The number of nitrogens with one attached hydrogen (secondary N) is 1. The first-order valence-corrected chi connectivity index (χ1v) is 3.81.